The van der Waals surface area contributed by atoms with Crippen LogP contribution in [0, 0.1) is 11.8 Å². The second-order valence-corrected chi connectivity index (χ2v) is 9.62. The second-order valence-electron chi connectivity index (χ2n) is 9.62. The topological polar surface area (TPSA) is 59.6 Å². The van der Waals surface area contributed by atoms with Gasteiger partial charge in [0.15, 0.2) is 0 Å². The molecule has 172 valence electrons. The number of imidazole rings is 1. The van der Waals surface area contributed by atoms with Gasteiger partial charge in [-0.2, -0.15) is 0 Å². The van der Waals surface area contributed by atoms with E-state index in [1.54, 1.807) is 11.7 Å². The zero-order chi connectivity index (χ0) is 21.8. The Bertz CT molecular complexity index is 897. The first kappa shape index (κ1) is 22.6. The van der Waals surface area contributed by atoms with Gasteiger partial charge in [0.05, 0.1) is 11.0 Å². The van der Waals surface area contributed by atoms with E-state index in [4.69, 9.17) is 4.74 Å². The molecule has 3 atom stereocenters. The van der Waals surface area contributed by atoms with Gasteiger partial charge < -0.3 is 14.7 Å². The third-order valence-corrected chi connectivity index (χ3v) is 7.60. The number of ether oxygens (including phenoxy) is 1. The first-order valence-electron chi connectivity index (χ1n) is 12.2. The number of aromatic nitrogens is 2. The van der Waals surface area contributed by atoms with Crippen LogP contribution in [0.25, 0.3) is 11.0 Å². The van der Waals surface area contributed by atoms with Gasteiger partial charge in [-0.1, -0.05) is 44.2 Å². The van der Waals surface area contributed by atoms with Crippen molar-refractivity contribution < 1.29 is 9.84 Å². The summed E-state index contributed by atoms with van der Waals surface area (Å²) in [6.07, 6.45) is 10.1. The van der Waals surface area contributed by atoms with Crippen LogP contribution < -0.4 is 5.69 Å². The van der Waals surface area contributed by atoms with Crippen molar-refractivity contribution in [3.8, 4) is 0 Å². The Kier molecular flexibility index (Phi) is 7.51. The number of likely N-dealkylation sites (tertiary alicyclic amines) is 1. The molecule has 3 unspecified atom stereocenters. The average Bonchev–Trinajstić information content (AvgIpc) is 3.06. The molecule has 1 N–H and O–H groups in total. The van der Waals surface area contributed by atoms with Crippen molar-refractivity contribution in [1.29, 1.82) is 0 Å². The Morgan fingerprint density at radius 3 is 2.42 bits per heavy atom. The highest BCUT2D eigenvalue weighted by atomic mass is 16.5. The van der Waals surface area contributed by atoms with E-state index in [9.17, 15) is 9.90 Å². The lowest BCUT2D eigenvalue weighted by atomic mass is 9.88. The Hall–Kier alpha value is -1.63. The summed E-state index contributed by atoms with van der Waals surface area (Å²) in [6, 6.07) is 7.97. The van der Waals surface area contributed by atoms with Crippen molar-refractivity contribution in [3.63, 3.8) is 0 Å². The molecule has 2 aromatic rings. The minimum Gasteiger partial charge on any atom is -0.396 e. The highest BCUT2D eigenvalue weighted by Crippen LogP contribution is 2.32. The van der Waals surface area contributed by atoms with E-state index in [1.807, 2.05) is 35.8 Å². The lowest BCUT2D eigenvalue weighted by Gasteiger charge is -2.40. The summed E-state index contributed by atoms with van der Waals surface area (Å²) in [5.41, 5.74) is 1.80. The van der Waals surface area contributed by atoms with Crippen LogP contribution in [-0.2, 0) is 4.74 Å². The maximum absolute atomic E-state index is 13.5. The third-order valence-electron chi connectivity index (χ3n) is 7.60. The van der Waals surface area contributed by atoms with Gasteiger partial charge in [0.2, 0.25) is 0 Å². The summed E-state index contributed by atoms with van der Waals surface area (Å²) < 4.78 is 9.16. The predicted octanol–water partition coefficient (Wildman–Crippen LogP) is 4.18. The summed E-state index contributed by atoms with van der Waals surface area (Å²) in [4.78, 5) is 16.0. The van der Waals surface area contributed by atoms with Crippen molar-refractivity contribution in [2.24, 2.45) is 11.8 Å². The molecule has 1 saturated carbocycles. The monoisotopic (exact) mass is 429 g/mol. The minimum atomic E-state index is -0.328. The number of piperidine rings is 1. The van der Waals surface area contributed by atoms with Gasteiger partial charge >= 0.3 is 5.69 Å². The molecule has 4 rings (SSSR count). The van der Waals surface area contributed by atoms with Crippen molar-refractivity contribution in [1.82, 2.24) is 14.0 Å². The van der Waals surface area contributed by atoms with Gasteiger partial charge in [-0.3, -0.25) is 9.13 Å². The van der Waals surface area contributed by atoms with Gasteiger partial charge in [-0.15, -0.1) is 0 Å². The van der Waals surface area contributed by atoms with Crippen molar-refractivity contribution in [2.45, 2.75) is 70.6 Å². The van der Waals surface area contributed by atoms with Crippen molar-refractivity contribution in [3.05, 3.63) is 34.7 Å². The molecule has 1 saturated heterocycles. The number of aliphatic hydroxyl groups excluding tert-OH is 1. The number of aliphatic hydroxyl groups is 1. The molecule has 6 nitrogen and oxygen atoms in total. The molecular weight excluding hydrogens is 390 g/mol. The fourth-order valence-electron chi connectivity index (χ4n) is 5.84. The molecular formula is C25H39N3O3. The zero-order valence-corrected chi connectivity index (χ0v) is 19.2. The van der Waals surface area contributed by atoms with Gasteiger partial charge in [0, 0.05) is 45.3 Å². The van der Waals surface area contributed by atoms with E-state index >= 15 is 0 Å². The fraction of sp³-hybridized carbons (Fsp3) is 0.720. The van der Waals surface area contributed by atoms with E-state index in [-0.39, 0.29) is 30.5 Å². The second kappa shape index (κ2) is 10.3. The molecule has 1 aromatic heterocycles. The number of hydrogen-bond acceptors (Lipinski definition) is 4. The average molecular weight is 430 g/mol. The Morgan fingerprint density at radius 1 is 1.06 bits per heavy atom. The van der Waals surface area contributed by atoms with E-state index < -0.39 is 0 Å². The normalized spacial score (nSPS) is 25.4. The third kappa shape index (κ3) is 4.76. The van der Waals surface area contributed by atoms with Crippen LogP contribution in [0.15, 0.2) is 29.1 Å². The van der Waals surface area contributed by atoms with Crippen molar-refractivity contribution in [2.75, 3.05) is 33.4 Å². The molecule has 6 heteroatoms. The molecule has 2 heterocycles. The number of hydrogen-bond donors (Lipinski definition) is 1. The molecule has 2 fully saturated rings. The van der Waals surface area contributed by atoms with Gasteiger partial charge in [-0.25, -0.2) is 4.79 Å². The lowest BCUT2D eigenvalue weighted by Crippen LogP contribution is -2.46. The molecule has 0 radical (unpaired) electrons. The van der Waals surface area contributed by atoms with E-state index in [0.717, 1.165) is 43.0 Å². The number of para-hydroxylation sites is 2. The maximum atomic E-state index is 13.5. The predicted molar refractivity (Wildman–Crippen MR) is 124 cm³/mol. The highest BCUT2D eigenvalue weighted by Gasteiger charge is 2.34. The van der Waals surface area contributed by atoms with Gasteiger partial charge in [0.25, 0.3) is 0 Å². The first-order chi connectivity index (χ1) is 15.1. The highest BCUT2D eigenvalue weighted by molar-refractivity contribution is 5.76. The summed E-state index contributed by atoms with van der Waals surface area (Å²) >= 11 is 0. The molecule has 0 bridgehead atoms. The molecule has 0 spiro atoms. The largest absolute Gasteiger partial charge is 0.396 e. The molecule has 31 heavy (non-hydrogen) atoms. The molecule has 0 amide bonds. The Morgan fingerprint density at radius 2 is 1.74 bits per heavy atom. The Balaban J connectivity index is 1.55. The van der Waals surface area contributed by atoms with E-state index in [0.29, 0.717) is 0 Å². The van der Waals surface area contributed by atoms with Crippen LogP contribution in [0.5, 0.6) is 0 Å². The van der Waals surface area contributed by atoms with Crippen LogP contribution in [0.3, 0.4) is 0 Å². The number of methoxy groups -OCH3 is 1. The summed E-state index contributed by atoms with van der Waals surface area (Å²) in [5, 5.41) is 10.3. The fourth-order valence-corrected chi connectivity index (χ4v) is 5.84. The molecule has 1 aliphatic heterocycles. The quantitative estimate of drug-likeness (QED) is 0.748. The van der Waals surface area contributed by atoms with Crippen LogP contribution in [0.4, 0.5) is 0 Å². The number of fused-ring (bicyclic) bond motifs is 1. The summed E-state index contributed by atoms with van der Waals surface area (Å²) in [6.45, 7) is 5.00. The number of nitrogens with zero attached hydrogens (tertiary/aromatic N) is 3. The standard InChI is InChI=1S/C25H39N3O3/c1-19(31-2)27-23-12-8-9-13-24(23)28(25(27)30)22-14-15-26(17-21(22)18-29)16-20-10-6-4-3-5-7-11-20/h8-9,12-13,19-22,29H,3-7,10-11,14-18H2,1-2H3. The summed E-state index contributed by atoms with van der Waals surface area (Å²) in [5.74, 6) is 0.848. The SMILES string of the molecule is COC(C)n1c(=O)n(C2CCN(CC3CCCCCCC3)CC2CO)c2ccccc21. The minimum absolute atomic E-state index is 0.0151. The molecule has 1 aliphatic carbocycles. The lowest BCUT2D eigenvalue weighted by molar-refractivity contribution is 0.0528. The maximum Gasteiger partial charge on any atom is 0.331 e. The van der Waals surface area contributed by atoms with E-state index in [2.05, 4.69) is 4.90 Å². The van der Waals surface area contributed by atoms with Crippen LogP contribution in [0.1, 0.15) is 70.6 Å². The van der Waals surface area contributed by atoms with Crippen molar-refractivity contribution >= 4 is 11.0 Å². The van der Waals surface area contributed by atoms with Gasteiger partial charge in [0.1, 0.15) is 6.23 Å². The van der Waals surface area contributed by atoms with Crippen LogP contribution in [0.2, 0.25) is 0 Å². The first-order valence-corrected chi connectivity index (χ1v) is 12.2. The number of rotatable bonds is 6. The van der Waals surface area contributed by atoms with Crippen LogP contribution >= 0.6 is 0 Å². The number of benzene rings is 1. The smallest absolute Gasteiger partial charge is 0.331 e. The van der Waals surface area contributed by atoms with Gasteiger partial charge in [-0.05, 0) is 44.2 Å². The zero-order valence-electron chi connectivity index (χ0n) is 19.2. The van der Waals surface area contributed by atoms with E-state index in [1.165, 1.54) is 44.9 Å². The molecule has 2 aliphatic rings. The van der Waals surface area contributed by atoms with Crippen LogP contribution in [-0.4, -0.2) is 52.5 Å². The molecule has 1 aromatic carbocycles. The summed E-state index contributed by atoms with van der Waals surface area (Å²) in [7, 11) is 1.63. The Labute approximate surface area is 185 Å².